The fourth-order valence-electron chi connectivity index (χ4n) is 2.61. The van der Waals surface area contributed by atoms with Gasteiger partial charge in [0.2, 0.25) is 0 Å². The largest absolute Gasteiger partial charge is 0.0773 e. The molecule has 2 unspecified atom stereocenters. The van der Waals surface area contributed by atoms with E-state index in [1.54, 1.807) is 11.1 Å². The Morgan fingerprint density at radius 3 is 1.73 bits per heavy atom. The lowest BCUT2D eigenvalue weighted by molar-refractivity contribution is 0.570. The highest BCUT2D eigenvalue weighted by Crippen LogP contribution is 2.34. The Balaban J connectivity index is 1.98. The minimum absolute atomic E-state index is 0.692. The van der Waals surface area contributed by atoms with Crippen LogP contribution in [0, 0.1) is 11.8 Å². The van der Waals surface area contributed by atoms with Gasteiger partial charge in [0, 0.05) is 0 Å². The van der Waals surface area contributed by atoms with Crippen molar-refractivity contribution in [1.82, 2.24) is 0 Å². The van der Waals surface area contributed by atoms with Crippen LogP contribution in [-0.2, 0) is 0 Å². The second-order valence-electron chi connectivity index (χ2n) is 4.41. The van der Waals surface area contributed by atoms with Gasteiger partial charge < -0.3 is 0 Å². The topological polar surface area (TPSA) is 0 Å². The molecule has 0 radical (unpaired) electrons. The first kappa shape index (κ1) is 10.5. The summed E-state index contributed by atoms with van der Waals surface area (Å²) < 4.78 is 0. The molecule has 0 fully saturated rings. The smallest absolute Gasteiger partial charge is 0.000846 e. The van der Waals surface area contributed by atoms with Crippen LogP contribution in [0.2, 0.25) is 0 Å². The van der Waals surface area contributed by atoms with Crippen molar-refractivity contribution in [2.75, 3.05) is 0 Å². The maximum Gasteiger partial charge on any atom is -0.000846 e. The highest BCUT2D eigenvalue weighted by molar-refractivity contribution is 5.31. The Kier molecular flexibility index (Phi) is 3.25. The lowest BCUT2D eigenvalue weighted by Gasteiger charge is -2.18. The minimum atomic E-state index is 0.692. The average Bonchev–Trinajstić information content (AvgIpc) is 2.87. The van der Waals surface area contributed by atoms with E-state index >= 15 is 0 Å². The van der Waals surface area contributed by atoms with E-state index < -0.39 is 0 Å². The first-order chi connectivity index (χ1) is 7.35. The Morgan fingerprint density at radius 1 is 0.867 bits per heavy atom. The number of hydrogen-bond acceptors (Lipinski definition) is 0. The fourth-order valence-corrected chi connectivity index (χ4v) is 2.61. The molecule has 0 saturated heterocycles. The van der Waals surface area contributed by atoms with Crippen molar-refractivity contribution in [3.05, 3.63) is 47.6 Å². The van der Waals surface area contributed by atoms with Crippen LogP contribution in [0.4, 0.5) is 0 Å². The van der Waals surface area contributed by atoms with Crippen molar-refractivity contribution < 1.29 is 0 Å². The molecule has 0 amide bonds. The van der Waals surface area contributed by atoms with Gasteiger partial charge in [0.05, 0.1) is 0 Å². The Hall–Kier alpha value is -1.04. The van der Waals surface area contributed by atoms with Crippen molar-refractivity contribution in [3.8, 4) is 0 Å². The summed E-state index contributed by atoms with van der Waals surface area (Å²) in [4.78, 5) is 0. The van der Waals surface area contributed by atoms with Crippen LogP contribution in [0.25, 0.3) is 0 Å². The standard InChI is InChI=1S/C15H20/c1-3-12-7-5-9-14(12)11-15-10-6-8-13(15)4-2/h5-10,14-15H,3-4,11H2,1-2H3. The SMILES string of the molecule is CCC1=CC=CC1CC1C=CC=C1CC. The molecule has 80 valence electrons. The van der Waals surface area contributed by atoms with Crippen molar-refractivity contribution >= 4 is 0 Å². The predicted octanol–water partition coefficient (Wildman–Crippen LogP) is 4.42. The molecule has 0 aliphatic heterocycles. The quantitative estimate of drug-likeness (QED) is 0.630. The molecule has 2 aliphatic carbocycles. The van der Waals surface area contributed by atoms with Gasteiger partial charge >= 0.3 is 0 Å². The zero-order valence-electron chi connectivity index (χ0n) is 9.74. The Bertz CT molecular complexity index is 305. The molecule has 0 N–H and O–H groups in total. The summed E-state index contributed by atoms with van der Waals surface area (Å²) in [5.41, 5.74) is 3.21. The zero-order chi connectivity index (χ0) is 10.7. The first-order valence-corrected chi connectivity index (χ1v) is 6.09. The molecular formula is C15H20. The molecule has 0 nitrogen and oxygen atoms in total. The molecule has 0 aromatic carbocycles. The third-order valence-electron chi connectivity index (χ3n) is 3.58. The van der Waals surface area contributed by atoms with Crippen LogP contribution in [0.5, 0.6) is 0 Å². The van der Waals surface area contributed by atoms with Gasteiger partial charge in [0.15, 0.2) is 0 Å². The minimum Gasteiger partial charge on any atom is -0.0773 e. The molecule has 15 heavy (non-hydrogen) atoms. The maximum atomic E-state index is 2.36. The highest BCUT2D eigenvalue weighted by atomic mass is 14.3. The second-order valence-corrected chi connectivity index (χ2v) is 4.41. The molecule has 2 atom stereocenters. The summed E-state index contributed by atoms with van der Waals surface area (Å²) in [6.07, 6.45) is 17.4. The maximum absolute atomic E-state index is 2.36. The average molecular weight is 200 g/mol. The van der Waals surface area contributed by atoms with E-state index in [-0.39, 0.29) is 0 Å². The summed E-state index contributed by atoms with van der Waals surface area (Å²) in [6, 6.07) is 0. The van der Waals surface area contributed by atoms with Crippen molar-refractivity contribution in [2.24, 2.45) is 11.8 Å². The second kappa shape index (κ2) is 4.65. The molecule has 2 rings (SSSR count). The Morgan fingerprint density at radius 2 is 1.33 bits per heavy atom. The van der Waals surface area contributed by atoms with Crippen molar-refractivity contribution in [1.29, 1.82) is 0 Å². The van der Waals surface area contributed by atoms with Gasteiger partial charge in [-0.05, 0) is 31.1 Å². The van der Waals surface area contributed by atoms with E-state index in [4.69, 9.17) is 0 Å². The first-order valence-electron chi connectivity index (χ1n) is 6.09. The van der Waals surface area contributed by atoms with E-state index in [2.05, 4.69) is 50.3 Å². The zero-order valence-corrected chi connectivity index (χ0v) is 9.74. The molecule has 0 aromatic rings. The van der Waals surface area contributed by atoms with Gasteiger partial charge in [-0.25, -0.2) is 0 Å². The van der Waals surface area contributed by atoms with E-state index in [0.717, 1.165) is 0 Å². The molecule has 2 aliphatic rings. The lowest BCUT2D eigenvalue weighted by Crippen LogP contribution is -2.06. The Labute approximate surface area is 93.1 Å². The molecule has 0 bridgehead atoms. The third-order valence-corrected chi connectivity index (χ3v) is 3.58. The summed E-state index contributed by atoms with van der Waals surface area (Å²) in [7, 11) is 0. The van der Waals surface area contributed by atoms with Crippen LogP contribution in [-0.4, -0.2) is 0 Å². The third kappa shape index (κ3) is 2.14. The van der Waals surface area contributed by atoms with E-state index in [1.807, 2.05) is 0 Å². The predicted molar refractivity (Wildman–Crippen MR) is 66.6 cm³/mol. The van der Waals surface area contributed by atoms with Crippen LogP contribution in [0.1, 0.15) is 33.1 Å². The summed E-state index contributed by atoms with van der Waals surface area (Å²) in [5.74, 6) is 1.38. The van der Waals surface area contributed by atoms with Crippen molar-refractivity contribution in [3.63, 3.8) is 0 Å². The fraction of sp³-hybridized carbons (Fsp3) is 0.467. The molecule has 0 spiro atoms. The van der Waals surface area contributed by atoms with Gasteiger partial charge in [-0.2, -0.15) is 0 Å². The molecule has 0 aromatic heterocycles. The van der Waals surface area contributed by atoms with Gasteiger partial charge in [-0.3, -0.25) is 0 Å². The van der Waals surface area contributed by atoms with Gasteiger partial charge in [-0.1, -0.05) is 61.4 Å². The summed E-state index contributed by atoms with van der Waals surface area (Å²) in [5, 5.41) is 0. The number of rotatable bonds is 4. The molecule has 0 heteroatoms. The van der Waals surface area contributed by atoms with Gasteiger partial charge in [0.25, 0.3) is 0 Å². The van der Waals surface area contributed by atoms with Crippen LogP contribution < -0.4 is 0 Å². The molecule has 0 saturated carbocycles. The van der Waals surface area contributed by atoms with Crippen LogP contribution in [0.3, 0.4) is 0 Å². The normalized spacial score (nSPS) is 28.4. The number of allylic oxidation sites excluding steroid dienone is 8. The monoisotopic (exact) mass is 200 g/mol. The van der Waals surface area contributed by atoms with E-state index in [0.29, 0.717) is 11.8 Å². The van der Waals surface area contributed by atoms with Crippen LogP contribution in [0.15, 0.2) is 47.6 Å². The summed E-state index contributed by atoms with van der Waals surface area (Å²) >= 11 is 0. The van der Waals surface area contributed by atoms with Crippen LogP contribution >= 0.6 is 0 Å². The van der Waals surface area contributed by atoms with E-state index in [1.165, 1.54) is 19.3 Å². The molecular weight excluding hydrogens is 180 g/mol. The van der Waals surface area contributed by atoms with E-state index in [9.17, 15) is 0 Å². The number of hydrogen-bond donors (Lipinski definition) is 0. The lowest BCUT2D eigenvalue weighted by atomic mass is 9.86. The summed E-state index contributed by atoms with van der Waals surface area (Å²) in [6.45, 7) is 4.51. The van der Waals surface area contributed by atoms with Crippen molar-refractivity contribution in [2.45, 2.75) is 33.1 Å². The highest BCUT2D eigenvalue weighted by Gasteiger charge is 2.20. The van der Waals surface area contributed by atoms with Gasteiger partial charge in [0.1, 0.15) is 0 Å². The molecule has 0 heterocycles. The van der Waals surface area contributed by atoms with Gasteiger partial charge in [-0.15, -0.1) is 0 Å².